The van der Waals surface area contributed by atoms with E-state index in [9.17, 15) is 9.59 Å². The molecule has 188 valence electrons. The molecular formula is C29H21BrN4O3S. The first-order chi connectivity index (χ1) is 18.6. The number of rotatable bonds is 8. The summed E-state index contributed by atoms with van der Waals surface area (Å²) in [4.78, 5) is 30.4. The second kappa shape index (κ2) is 11.9. The Kier molecular flexibility index (Phi) is 7.96. The molecule has 0 radical (unpaired) electrons. The number of hydrazone groups is 1. The molecule has 9 heteroatoms. The van der Waals surface area contributed by atoms with Crippen molar-refractivity contribution in [2.75, 3.05) is 5.75 Å². The molecule has 0 fully saturated rings. The fourth-order valence-corrected chi connectivity index (χ4v) is 4.69. The van der Waals surface area contributed by atoms with Gasteiger partial charge in [0.2, 0.25) is 0 Å². The maximum Gasteiger partial charge on any atom is 0.266 e. The first-order valence-electron chi connectivity index (χ1n) is 11.6. The van der Waals surface area contributed by atoms with Gasteiger partial charge in [0.15, 0.2) is 5.16 Å². The Balaban J connectivity index is 1.23. The number of hydrogen-bond acceptors (Lipinski definition) is 6. The molecule has 1 heterocycles. The number of ether oxygens (including phenoxy) is 1. The summed E-state index contributed by atoms with van der Waals surface area (Å²) in [5, 5.41) is 5.00. The highest BCUT2D eigenvalue weighted by Gasteiger charge is 2.14. The van der Waals surface area contributed by atoms with Gasteiger partial charge in [0, 0.05) is 4.47 Å². The monoisotopic (exact) mass is 584 g/mol. The van der Waals surface area contributed by atoms with Crippen molar-refractivity contribution in [3.63, 3.8) is 0 Å². The molecule has 0 spiro atoms. The molecule has 0 aliphatic heterocycles. The Morgan fingerprint density at radius 3 is 2.32 bits per heavy atom. The molecule has 5 aromatic rings. The van der Waals surface area contributed by atoms with E-state index in [2.05, 4.69) is 31.4 Å². The van der Waals surface area contributed by atoms with Gasteiger partial charge in [-0.05, 0) is 78.4 Å². The van der Waals surface area contributed by atoms with Crippen LogP contribution < -0.4 is 15.7 Å². The zero-order valence-electron chi connectivity index (χ0n) is 20.0. The zero-order valence-corrected chi connectivity index (χ0v) is 22.4. The van der Waals surface area contributed by atoms with Crippen LogP contribution in [0.25, 0.3) is 16.6 Å². The lowest BCUT2D eigenvalue weighted by Crippen LogP contribution is -2.24. The number of hydrogen-bond donors (Lipinski definition) is 1. The Bertz CT molecular complexity index is 1650. The van der Waals surface area contributed by atoms with Crippen LogP contribution in [0.2, 0.25) is 0 Å². The van der Waals surface area contributed by atoms with E-state index in [0.29, 0.717) is 27.5 Å². The minimum Gasteiger partial charge on any atom is -0.457 e. The largest absolute Gasteiger partial charge is 0.457 e. The van der Waals surface area contributed by atoms with Gasteiger partial charge >= 0.3 is 0 Å². The smallest absolute Gasteiger partial charge is 0.266 e. The molecule has 0 aliphatic carbocycles. The van der Waals surface area contributed by atoms with Gasteiger partial charge in [-0.2, -0.15) is 5.10 Å². The molecule has 4 aromatic carbocycles. The molecule has 0 saturated carbocycles. The highest BCUT2D eigenvalue weighted by Crippen LogP contribution is 2.24. The van der Waals surface area contributed by atoms with Crippen molar-refractivity contribution in [1.82, 2.24) is 15.0 Å². The topological polar surface area (TPSA) is 85.6 Å². The van der Waals surface area contributed by atoms with Gasteiger partial charge in [-0.3, -0.25) is 14.2 Å². The SMILES string of the molecule is O=C(CSc1nc2ccccc2c(=O)n1-c1ccccc1)N/N=C/c1ccc(Oc2ccc(Br)cc2)cc1. The predicted octanol–water partition coefficient (Wildman–Crippen LogP) is 6.18. The number of benzene rings is 4. The molecule has 0 saturated heterocycles. The fourth-order valence-electron chi connectivity index (χ4n) is 3.62. The lowest BCUT2D eigenvalue weighted by Gasteiger charge is -2.12. The molecule has 5 rings (SSSR count). The molecule has 38 heavy (non-hydrogen) atoms. The third kappa shape index (κ3) is 6.19. The van der Waals surface area contributed by atoms with Crippen molar-refractivity contribution >= 4 is 50.7 Å². The summed E-state index contributed by atoms with van der Waals surface area (Å²) in [6.45, 7) is 0. The molecule has 0 bridgehead atoms. The number of para-hydroxylation sites is 2. The number of thioether (sulfide) groups is 1. The quantitative estimate of drug-likeness (QED) is 0.102. The van der Waals surface area contributed by atoms with Gasteiger partial charge in [0.25, 0.3) is 11.5 Å². The maximum absolute atomic E-state index is 13.2. The van der Waals surface area contributed by atoms with Crippen LogP contribution in [0, 0.1) is 0 Å². The van der Waals surface area contributed by atoms with Crippen LogP contribution in [0.5, 0.6) is 11.5 Å². The summed E-state index contributed by atoms with van der Waals surface area (Å²) in [7, 11) is 0. The number of carbonyl (C=O) groups is 1. The van der Waals surface area contributed by atoms with E-state index in [1.54, 1.807) is 18.3 Å². The molecule has 1 N–H and O–H groups in total. The van der Waals surface area contributed by atoms with E-state index in [1.165, 1.54) is 16.3 Å². The highest BCUT2D eigenvalue weighted by molar-refractivity contribution is 9.10. The lowest BCUT2D eigenvalue weighted by atomic mass is 10.2. The van der Waals surface area contributed by atoms with Gasteiger partial charge in [-0.1, -0.05) is 58.0 Å². The minimum absolute atomic E-state index is 0.0366. The molecule has 0 aliphatic rings. The number of fused-ring (bicyclic) bond motifs is 1. The summed E-state index contributed by atoms with van der Waals surface area (Å²) in [5.41, 5.74) is 4.41. The number of carbonyl (C=O) groups excluding carboxylic acids is 1. The van der Waals surface area contributed by atoms with E-state index >= 15 is 0 Å². The van der Waals surface area contributed by atoms with Crippen molar-refractivity contribution in [1.29, 1.82) is 0 Å². The van der Waals surface area contributed by atoms with Crippen LogP contribution in [0.1, 0.15) is 5.56 Å². The van der Waals surface area contributed by atoms with Crippen LogP contribution in [-0.2, 0) is 4.79 Å². The number of halogens is 1. The standard InChI is InChI=1S/C29H21BrN4O3S/c30-21-12-16-24(17-13-21)37-23-14-10-20(11-15-23)18-31-33-27(35)19-38-29-32-26-9-5-4-8-25(26)28(36)34(29)22-6-2-1-3-7-22/h1-18H,19H2,(H,33,35)/b31-18+. The molecular weight excluding hydrogens is 564 g/mol. The Morgan fingerprint density at radius 1 is 0.921 bits per heavy atom. The van der Waals surface area contributed by atoms with Crippen molar-refractivity contribution in [2.24, 2.45) is 5.10 Å². The molecule has 0 unspecified atom stereocenters. The van der Waals surface area contributed by atoms with Crippen molar-refractivity contribution in [3.05, 3.63) is 124 Å². The Morgan fingerprint density at radius 2 is 1.58 bits per heavy atom. The van der Waals surface area contributed by atoms with Gasteiger partial charge in [0.1, 0.15) is 11.5 Å². The highest BCUT2D eigenvalue weighted by atomic mass is 79.9. The van der Waals surface area contributed by atoms with Gasteiger partial charge in [0.05, 0.1) is 28.6 Å². The van der Waals surface area contributed by atoms with E-state index in [0.717, 1.165) is 15.8 Å². The van der Waals surface area contributed by atoms with E-state index < -0.39 is 0 Å². The molecule has 0 atom stereocenters. The fraction of sp³-hybridized carbons (Fsp3) is 0.0345. The summed E-state index contributed by atoms with van der Waals surface area (Å²) < 4.78 is 8.33. The lowest BCUT2D eigenvalue weighted by molar-refractivity contribution is -0.118. The average Bonchev–Trinajstić information content (AvgIpc) is 2.95. The normalized spacial score (nSPS) is 11.1. The van der Waals surface area contributed by atoms with Crippen molar-refractivity contribution in [3.8, 4) is 17.2 Å². The first kappa shape index (κ1) is 25.4. The van der Waals surface area contributed by atoms with Crippen LogP contribution in [-0.4, -0.2) is 27.4 Å². The molecule has 1 aromatic heterocycles. The predicted molar refractivity (Wildman–Crippen MR) is 154 cm³/mol. The van der Waals surface area contributed by atoms with Gasteiger partial charge < -0.3 is 4.74 Å². The van der Waals surface area contributed by atoms with Crippen LogP contribution in [0.15, 0.2) is 123 Å². The van der Waals surface area contributed by atoms with Gasteiger partial charge in [-0.25, -0.2) is 10.4 Å². The van der Waals surface area contributed by atoms with E-state index in [4.69, 9.17) is 4.74 Å². The van der Waals surface area contributed by atoms with Gasteiger partial charge in [-0.15, -0.1) is 0 Å². The summed E-state index contributed by atoms with van der Waals surface area (Å²) in [6, 6.07) is 31.3. The minimum atomic E-state index is -0.316. The summed E-state index contributed by atoms with van der Waals surface area (Å²) in [5.74, 6) is 1.15. The second-order valence-electron chi connectivity index (χ2n) is 8.09. The maximum atomic E-state index is 13.2. The van der Waals surface area contributed by atoms with Crippen molar-refractivity contribution < 1.29 is 9.53 Å². The second-order valence-corrected chi connectivity index (χ2v) is 9.95. The summed E-state index contributed by atoms with van der Waals surface area (Å²) >= 11 is 4.58. The van der Waals surface area contributed by atoms with Crippen LogP contribution in [0.3, 0.4) is 0 Å². The van der Waals surface area contributed by atoms with Crippen LogP contribution in [0.4, 0.5) is 0 Å². The average molecular weight is 585 g/mol. The number of nitrogens with zero attached hydrogens (tertiary/aromatic N) is 3. The molecule has 1 amide bonds. The third-order valence-electron chi connectivity index (χ3n) is 5.42. The van der Waals surface area contributed by atoms with E-state index in [1.807, 2.05) is 91.0 Å². The van der Waals surface area contributed by atoms with Crippen molar-refractivity contribution in [2.45, 2.75) is 5.16 Å². The number of nitrogens with one attached hydrogen (secondary N) is 1. The Hall–Kier alpha value is -4.21. The number of aromatic nitrogens is 2. The number of amides is 1. The Labute approximate surface area is 231 Å². The zero-order chi connectivity index (χ0) is 26.3. The molecule has 7 nitrogen and oxygen atoms in total. The third-order valence-corrected chi connectivity index (χ3v) is 6.89. The van der Waals surface area contributed by atoms with E-state index in [-0.39, 0.29) is 17.2 Å². The van der Waals surface area contributed by atoms with Crippen LogP contribution >= 0.6 is 27.7 Å². The summed E-state index contributed by atoms with van der Waals surface area (Å²) in [6.07, 6.45) is 1.56. The first-order valence-corrected chi connectivity index (χ1v) is 13.4.